The van der Waals surface area contributed by atoms with Gasteiger partial charge in [-0.2, -0.15) is 0 Å². The minimum absolute atomic E-state index is 0.0605. The SMILES string of the molecule is O=C(NCc1ccc(F)cc1)c1cc(Cl)c[nH]c1=O. The van der Waals surface area contributed by atoms with Crippen molar-refractivity contribution in [1.29, 1.82) is 0 Å². The number of halogens is 2. The van der Waals surface area contributed by atoms with Gasteiger partial charge >= 0.3 is 0 Å². The molecule has 2 N–H and O–H groups in total. The molecule has 0 atom stereocenters. The normalized spacial score (nSPS) is 10.2. The third kappa shape index (κ3) is 3.42. The van der Waals surface area contributed by atoms with Crippen LogP contribution in [0.4, 0.5) is 4.39 Å². The van der Waals surface area contributed by atoms with E-state index in [1.807, 2.05) is 0 Å². The van der Waals surface area contributed by atoms with Crippen molar-refractivity contribution in [3.63, 3.8) is 0 Å². The maximum Gasteiger partial charge on any atom is 0.260 e. The van der Waals surface area contributed by atoms with Gasteiger partial charge in [-0.05, 0) is 23.8 Å². The molecule has 0 aliphatic heterocycles. The summed E-state index contributed by atoms with van der Waals surface area (Å²) in [6.45, 7) is 0.199. The van der Waals surface area contributed by atoms with Crippen molar-refractivity contribution >= 4 is 17.5 Å². The van der Waals surface area contributed by atoms with Crippen LogP contribution in [0.2, 0.25) is 5.02 Å². The van der Waals surface area contributed by atoms with E-state index >= 15 is 0 Å². The van der Waals surface area contributed by atoms with Gasteiger partial charge in [0, 0.05) is 12.7 Å². The topological polar surface area (TPSA) is 62.0 Å². The summed E-state index contributed by atoms with van der Waals surface area (Å²) in [5.41, 5.74) is 0.156. The minimum Gasteiger partial charge on any atom is -0.348 e. The van der Waals surface area contributed by atoms with Crippen LogP contribution >= 0.6 is 11.6 Å². The number of hydrogen-bond acceptors (Lipinski definition) is 2. The summed E-state index contributed by atoms with van der Waals surface area (Å²) < 4.78 is 12.7. The van der Waals surface area contributed by atoms with E-state index in [-0.39, 0.29) is 22.9 Å². The van der Waals surface area contributed by atoms with Gasteiger partial charge in [0.05, 0.1) is 5.02 Å². The molecule has 0 aliphatic rings. The maximum atomic E-state index is 12.7. The fourth-order valence-electron chi connectivity index (χ4n) is 1.51. The van der Waals surface area contributed by atoms with Crippen molar-refractivity contribution in [1.82, 2.24) is 10.3 Å². The first kappa shape index (κ1) is 13.3. The second-order valence-electron chi connectivity index (χ2n) is 3.87. The zero-order valence-electron chi connectivity index (χ0n) is 9.74. The fraction of sp³-hybridized carbons (Fsp3) is 0.0769. The van der Waals surface area contributed by atoms with E-state index in [2.05, 4.69) is 10.3 Å². The molecule has 1 heterocycles. The van der Waals surface area contributed by atoms with Crippen molar-refractivity contribution in [2.24, 2.45) is 0 Å². The van der Waals surface area contributed by atoms with Gasteiger partial charge in [-0.15, -0.1) is 0 Å². The van der Waals surface area contributed by atoms with Gasteiger partial charge in [0.15, 0.2) is 0 Å². The molecule has 6 heteroatoms. The lowest BCUT2D eigenvalue weighted by molar-refractivity contribution is 0.0949. The third-order valence-electron chi connectivity index (χ3n) is 2.48. The van der Waals surface area contributed by atoms with Crippen LogP contribution in [0.25, 0.3) is 0 Å². The highest BCUT2D eigenvalue weighted by Crippen LogP contribution is 2.06. The number of nitrogens with one attached hydrogen (secondary N) is 2. The van der Waals surface area contributed by atoms with Crippen LogP contribution in [0.5, 0.6) is 0 Å². The Bertz CT molecular complexity index is 652. The fourth-order valence-corrected chi connectivity index (χ4v) is 1.67. The molecule has 0 spiro atoms. The number of aromatic nitrogens is 1. The lowest BCUT2D eigenvalue weighted by Crippen LogP contribution is -2.29. The molecule has 4 nitrogen and oxygen atoms in total. The second-order valence-corrected chi connectivity index (χ2v) is 4.31. The predicted molar refractivity (Wildman–Crippen MR) is 69.6 cm³/mol. The van der Waals surface area contributed by atoms with Crippen LogP contribution in [0.1, 0.15) is 15.9 Å². The van der Waals surface area contributed by atoms with E-state index in [9.17, 15) is 14.0 Å². The zero-order valence-corrected chi connectivity index (χ0v) is 10.5. The Kier molecular flexibility index (Phi) is 3.97. The Morgan fingerprint density at radius 2 is 2.00 bits per heavy atom. The highest BCUT2D eigenvalue weighted by molar-refractivity contribution is 6.30. The number of pyridine rings is 1. The quantitative estimate of drug-likeness (QED) is 0.904. The first-order chi connectivity index (χ1) is 9.06. The van der Waals surface area contributed by atoms with E-state index in [4.69, 9.17) is 11.6 Å². The van der Waals surface area contributed by atoms with Crippen molar-refractivity contribution in [2.45, 2.75) is 6.54 Å². The summed E-state index contributed by atoms with van der Waals surface area (Å²) >= 11 is 5.70. The van der Waals surface area contributed by atoms with Gasteiger partial charge in [-0.3, -0.25) is 9.59 Å². The minimum atomic E-state index is -0.534. The average molecular weight is 281 g/mol. The third-order valence-corrected chi connectivity index (χ3v) is 2.70. The van der Waals surface area contributed by atoms with E-state index in [1.54, 1.807) is 12.1 Å². The van der Waals surface area contributed by atoms with Crippen molar-refractivity contribution in [2.75, 3.05) is 0 Å². The molecule has 0 saturated carbocycles. The largest absolute Gasteiger partial charge is 0.348 e. The molecule has 19 heavy (non-hydrogen) atoms. The molecule has 0 unspecified atom stereocenters. The molecular weight excluding hydrogens is 271 g/mol. The zero-order chi connectivity index (χ0) is 13.8. The Hall–Kier alpha value is -2.14. The highest BCUT2D eigenvalue weighted by Gasteiger charge is 2.10. The molecule has 1 aromatic heterocycles. The molecular formula is C13H10ClFN2O2. The number of carbonyl (C=O) groups is 1. The number of carbonyl (C=O) groups excluding carboxylic acids is 1. The Morgan fingerprint density at radius 3 is 2.68 bits per heavy atom. The second kappa shape index (κ2) is 5.67. The summed E-state index contributed by atoms with van der Waals surface area (Å²) in [5, 5.41) is 2.83. The molecule has 0 bridgehead atoms. The predicted octanol–water partition coefficient (Wildman–Crippen LogP) is 2.10. The molecule has 0 fully saturated rings. The molecule has 0 saturated heterocycles. The maximum absolute atomic E-state index is 12.7. The summed E-state index contributed by atoms with van der Waals surface area (Å²) in [4.78, 5) is 25.6. The summed E-state index contributed by atoms with van der Waals surface area (Å²) in [6.07, 6.45) is 1.31. The van der Waals surface area contributed by atoms with Gasteiger partial charge in [-0.1, -0.05) is 23.7 Å². The first-order valence-corrected chi connectivity index (χ1v) is 5.85. The van der Waals surface area contributed by atoms with E-state index in [0.29, 0.717) is 0 Å². The lowest BCUT2D eigenvalue weighted by Gasteiger charge is -2.05. The van der Waals surface area contributed by atoms with Gasteiger partial charge < -0.3 is 10.3 Å². The lowest BCUT2D eigenvalue weighted by atomic mass is 10.2. The molecule has 0 aliphatic carbocycles. The number of amides is 1. The number of rotatable bonds is 3. The smallest absolute Gasteiger partial charge is 0.260 e. The van der Waals surface area contributed by atoms with E-state index in [1.165, 1.54) is 24.4 Å². The summed E-state index contributed by atoms with van der Waals surface area (Å²) in [7, 11) is 0. The number of aromatic amines is 1. The Labute approximate surface area is 113 Å². The van der Waals surface area contributed by atoms with Crippen LogP contribution in [-0.4, -0.2) is 10.9 Å². The van der Waals surface area contributed by atoms with Gasteiger partial charge in [0.2, 0.25) is 0 Å². The van der Waals surface area contributed by atoms with Crippen molar-refractivity contribution in [3.05, 3.63) is 68.8 Å². The molecule has 1 aromatic carbocycles. The molecule has 0 radical (unpaired) electrons. The van der Waals surface area contributed by atoms with Gasteiger partial charge in [0.25, 0.3) is 11.5 Å². The van der Waals surface area contributed by atoms with Crippen LogP contribution in [0.3, 0.4) is 0 Å². The molecule has 2 aromatic rings. The van der Waals surface area contributed by atoms with Gasteiger partial charge in [-0.25, -0.2) is 4.39 Å². The summed E-state index contributed by atoms with van der Waals surface area (Å²) in [6, 6.07) is 7.00. The first-order valence-electron chi connectivity index (χ1n) is 5.47. The van der Waals surface area contributed by atoms with Crippen LogP contribution < -0.4 is 10.9 Å². The standard InChI is InChI=1S/C13H10ClFN2O2/c14-9-5-11(13(19)17-7-9)12(18)16-6-8-1-3-10(15)4-2-8/h1-5,7H,6H2,(H,16,18)(H,17,19). The number of H-pyrrole nitrogens is 1. The Balaban J connectivity index is 2.07. The Morgan fingerprint density at radius 1 is 1.32 bits per heavy atom. The molecule has 1 amide bonds. The van der Waals surface area contributed by atoms with E-state index in [0.717, 1.165) is 5.56 Å². The van der Waals surface area contributed by atoms with Gasteiger partial charge in [0.1, 0.15) is 11.4 Å². The number of benzene rings is 1. The summed E-state index contributed by atoms with van der Waals surface area (Å²) in [5.74, 6) is -0.880. The highest BCUT2D eigenvalue weighted by atomic mass is 35.5. The number of hydrogen-bond donors (Lipinski definition) is 2. The van der Waals surface area contributed by atoms with Crippen LogP contribution in [0, 0.1) is 5.82 Å². The monoisotopic (exact) mass is 280 g/mol. The van der Waals surface area contributed by atoms with Crippen LogP contribution in [0.15, 0.2) is 41.3 Å². The van der Waals surface area contributed by atoms with E-state index < -0.39 is 11.5 Å². The van der Waals surface area contributed by atoms with Crippen LogP contribution in [-0.2, 0) is 6.54 Å². The van der Waals surface area contributed by atoms with Crippen molar-refractivity contribution < 1.29 is 9.18 Å². The molecule has 2 rings (SSSR count). The average Bonchev–Trinajstić information content (AvgIpc) is 2.40. The molecule has 98 valence electrons. The van der Waals surface area contributed by atoms with Crippen molar-refractivity contribution in [3.8, 4) is 0 Å².